The molecule has 0 fully saturated rings. The number of ether oxygens (including phenoxy) is 3. The number of carbonyl (C=O) groups is 3. The molecule has 1 aliphatic heterocycles. The van der Waals surface area contributed by atoms with Crippen LogP contribution in [0, 0.1) is 11.9 Å². The van der Waals surface area contributed by atoms with Gasteiger partial charge in [0.1, 0.15) is 22.8 Å². The van der Waals surface area contributed by atoms with Crippen molar-refractivity contribution in [1.82, 2.24) is 14.9 Å². The van der Waals surface area contributed by atoms with Crippen LogP contribution in [0.2, 0.25) is 30.7 Å². The minimum Gasteiger partial charge on any atom is -0.468 e. The number of amidine groups is 1. The molecule has 0 radical (unpaired) electrons. The van der Waals surface area contributed by atoms with Crippen LogP contribution in [0.15, 0.2) is 35.6 Å². The van der Waals surface area contributed by atoms with Crippen molar-refractivity contribution in [2.24, 2.45) is 10.9 Å². The fraction of sp³-hybridized carbons (Fsp3) is 0.548. The summed E-state index contributed by atoms with van der Waals surface area (Å²) < 4.78 is 31.2. The van der Waals surface area contributed by atoms with Gasteiger partial charge < -0.3 is 19.5 Å². The van der Waals surface area contributed by atoms with Gasteiger partial charge in [0.05, 0.1) is 29.6 Å². The first-order valence-electron chi connectivity index (χ1n) is 14.7. The van der Waals surface area contributed by atoms with Crippen molar-refractivity contribution >= 4 is 60.3 Å². The van der Waals surface area contributed by atoms with Gasteiger partial charge in [0.2, 0.25) is 5.95 Å². The van der Waals surface area contributed by atoms with Gasteiger partial charge in [-0.3, -0.25) is 14.6 Å². The van der Waals surface area contributed by atoms with Gasteiger partial charge in [0.15, 0.2) is 5.17 Å². The average Bonchev–Trinajstić information content (AvgIpc) is 2.95. The van der Waals surface area contributed by atoms with Crippen LogP contribution in [0.4, 0.5) is 14.9 Å². The lowest BCUT2D eigenvalue weighted by atomic mass is 9.74. The third kappa shape index (κ3) is 9.05. The number of esters is 1. The normalized spacial score (nSPS) is 21.7. The zero-order valence-corrected chi connectivity index (χ0v) is 30.6. The summed E-state index contributed by atoms with van der Waals surface area (Å²) in [5.74, 6) is -2.73. The van der Waals surface area contributed by atoms with Gasteiger partial charge in [-0.25, -0.2) is 19.7 Å². The minimum absolute atomic E-state index is 0.0152. The summed E-state index contributed by atoms with van der Waals surface area (Å²) in [6, 6.07) is 5.23. The Morgan fingerprint density at radius 2 is 1.83 bits per heavy atom. The van der Waals surface area contributed by atoms with Gasteiger partial charge in [0, 0.05) is 32.4 Å². The molecule has 0 aliphatic carbocycles. The summed E-state index contributed by atoms with van der Waals surface area (Å²) in [6.07, 6.45) is 1.76. The molecule has 2 amide bonds. The van der Waals surface area contributed by atoms with Crippen molar-refractivity contribution in [2.75, 3.05) is 25.8 Å². The Morgan fingerprint density at radius 3 is 2.39 bits per heavy atom. The number of nitrogens with zero attached hydrogens (tertiary/aromatic N) is 4. The van der Waals surface area contributed by atoms with E-state index in [0.717, 1.165) is 17.8 Å². The Bertz CT molecular complexity index is 1490. The van der Waals surface area contributed by atoms with Crippen molar-refractivity contribution in [2.45, 2.75) is 83.1 Å². The number of nitrogens with one attached hydrogen (secondary N) is 1. The first kappa shape index (κ1) is 37.4. The molecule has 3 rings (SSSR count). The van der Waals surface area contributed by atoms with Gasteiger partial charge >= 0.3 is 12.1 Å². The molecule has 0 saturated heterocycles. The lowest BCUT2D eigenvalue weighted by Crippen LogP contribution is -2.55. The second-order valence-electron chi connectivity index (χ2n) is 13.6. The summed E-state index contributed by atoms with van der Waals surface area (Å²) in [4.78, 5) is 53.9. The van der Waals surface area contributed by atoms with E-state index in [4.69, 9.17) is 30.8 Å². The van der Waals surface area contributed by atoms with E-state index in [1.807, 2.05) is 0 Å². The number of aliphatic imine (C=N–C) groups is 1. The second kappa shape index (κ2) is 14.4. The molecule has 0 bridgehead atoms. The standard InChI is InChI=1S/C31H43ClFN5O6SSi/c1-19-30(5,22-15-21(17-35-24(22)33)36-25(39)23-12-11-20(32)16-34-23)37-27(45-31(19,6)26(40)42-7)38(28(41)44-29(2,3)4)18-43-13-14-46(8,9)10/h11-12,15-17,19H,13-14,18H2,1-10H3,(H,36,39)/t19-,30-,31-/m0/s1. The topological polar surface area (TPSA) is 132 Å². The molecular formula is C31H43ClFN5O6SSi. The van der Waals surface area contributed by atoms with Crippen LogP contribution in [0.25, 0.3) is 0 Å². The largest absolute Gasteiger partial charge is 0.468 e. The van der Waals surface area contributed by atoms with E-state index in [1.165, 1.54) is 42.6 Å². The van der Waals surface area contributed by atoms with Crippen molar-refractivity contribution in [3.05, 3.63) is 52.8 Å². The molecule has 2 aromatic rings. The lowest BCUT2D eigenvalue weighted by molar-refractivity contribution is -0.145. The summed E-state index contributed by atoms with van der Waals surface area (Å²) >= 11 is 6.91. The molecule has 3 atom stereocenters. The number of anilines is 1. The van der Waals surface area contributed by atoms with Crippen LogP contribution in [-0.2, 0) is 24.5 Å². The van der Waals surface area contributed by atoms with Crippen LogP contribution >= 0.6 is 23.4 Å². The number of thioether (sulfide) groups is 1. The van der Waals surface area contributed by atoms with Gasteiger partial charge in [-0.05, 0) is 58.9 Å². The number of rotatable bonds is 9. The fourth-order valence-electron chi connectivity index (χ4n) is 4.58. The van der Waals surface area contributed by atoms with E-state index in [2.05, 4.69) is 34.9 Å². The highest BCUT2D eigenvalue weighted by molar-refractivity contribution is 8.15. The molecule has 0 saturated carbocycles. The molecular weight excluding hydrogens is 653 g/mol. The summed E-state index contributed by atoms with van der Waals surface area (Å²) in [6.45, 7) is 17.1. The van der Waals surface area contributed by atoms with Crippen LogP contribution in [0.3, 0.4) is 0 Å². The maximum absolute atomic E-state index is 15.7. The lowest BCUT2D eigenvalue weighted by Gasteiger charge is -2.47. The van der Waals surface area contributed by atoms with E-state index in [9.17, 15) is 14.4 Å². The Balaban J connectivity index is 2.13. The fourth-order valence-corrected chi connectivity index (χ4v) is 6.87. The summed E-state index contributed by atoms with van der Waals surface area (Å²) in [5, 5.41) is 3.12. The first-order valence-corrected chi connectivity index (χ1v) is 19.6. The maximum atomic E-state index is 15.7. The van der Waals surface area contributed by atoms with Crippen molar-refractivity contribution in [1.29, 1.82) is 0 Å². The molecule has 46 heavy (non-hydrogen) atoms. The molecule has 15 heteroatoms. The highest BCUT2D eigenvalue weighted by atomic mass is 35.5. The predicted molar refractivity (Wildman–Crippen MR) is 180 cm³/mol. The van der Waals surface area contributed by atoms with E-state index < -0.39 is 53.8 Å². The molecule has 252 valence electrons. The molecule has 11 nitrogen and oxygen atoms in total. The number of hydrogen-bond donors (Lipinski definition) is 1. The zero-order valence-electron chi connectivity index (χ0n) is 28.0. The summed E-state index contributed by atoms with van der Waals surface area (Å²) in [7, 11) is -0.184. The molecule has 0 aromatic carbocycles. The molecule has 1 N–H and O–H groups in total. The van der Waals surface area contributed by atoms with E-state index in [1.54, 1.807) is 41.5 Å². The van der Waals surface area contributed by atoms with Crippen LogP contribution in [0.1, 0.15) is 57.6 Å². The van der Waals surface area contributed by atoms with Gasteiger partial charge in [-0.15, -0.1) is 0 Å². The zero-order chi connectivity index (χ0) is 34.7. The number of carbonyl (C=O) groups excluding carboxylic acids is 3. The number of amides is 2. The molecule has 0 spiro atoms. The smallest absolute Gasteiger partial charge is 0.418 e. The number of pyridine rings is 2. The number of hydrogen-bond acceptors (Lipinski definition) is 10. The molecule has 2 aromatic heterocycles. The Hall–Kier alpha value is -3.07. The highest BCUT2D eigenvalue weighted by Crippen LogP contribution is 2.52. The third-order valence-electron chi connectivity index (χ3n) is 7.56. The highest BCUT2D eigenvalue weighted by Gasteiger charge is 2.56. The monoisotopic (exact) mass is 695 g/mol. The Kier molecular flexibility index (Phi) is 11.7. The number of methoxy groups -OCH3 is 1. The maximum Gasteiger partial charge on any atom is 0.418 e. The van der Waals surface area contributed by atoms with Crippen molar-refractivity contribution < 1.29 is 33.0 Å². The van der Waals surface area contributed by atoms with Crippen LogP contribution in [0.5, 0.6) is 0 Å². The van der Waals surface area contributed by atoms with Crippen molar-refractivity contribution in [3.8, 4) is 0 Å². The second-order valence-corrected chi connectivity index (χ2v) is 21.1. The van der Waals surface area contributed by atoms with E-state index in [0.29, 0.717) is 11.6 Å². The quantitative estimate of drug-likeness (QED) is 0.0972. The predicted octanol–water partition coefficient (Wildman–Crippen LogP) is 6.96. The third-order valence-corrected chi connectivity index (χ3v) is 10.9. The minimum atomic E-state index is -1.49. The Labute approximate surface area is 280 Å². The number of halogens is 2. The van der Waals surface area contributed by atoms with E-state index >= 15 is 4.39 Å². The SMILES string of the molecule is COC(=O)[C@@]1(C)SC(N(COCC[Si](C)(C)C)C(=O)OC(C)(C)C)=N[C@](C)(c2cc(NC(=O)c3ccc(Cl)cn3)cnc2F)[C@@H]1C. The van der Waals surface area contributed by atoms with E-state index in [-0.39, 0.29) is 28.8 Å². The molecule has 3 heterocycles. The van der Waals surface area contributed by atoms with Crippen molar-refractivity contribution in [3.63, 3.8) is 0 Å². The molecule has 1 aliphatic rings. The number of aromatic nitrogens is 2. The first-order chi connectivity index (χ1) is 21.2. The van der Waals surface area contributed by atoms with Crippen LogP contribution in [-0.4, -0.2) is 76.9 Å². The van der Waals surface area contributed by atoms with Crippen LogP contribution < -0.4 is 5.32 Å². The van der Waals surface area contributed by atoms with Gasteiger partial charge in [0.25, 0.3) is 5.91 Å². The van der Waals surface area contributed by atoms with Gasteiger partial charge in [-0.1, -0.05) is 49.9 Å². The summed E-state index contributed by atoms with van der Waals surface area (Å²) in [5.41, 5.74) is -2.10. The van der Waals surface area contributed by atoms with Gasteiger partial charge in [-0.2, -0.15) is 4.39 Å². The Morgan fingerprint density at radius 1 is 1.15 bits per heavy atom. The average molecular weight is 696 g/mol. The molecule has 0 unspecified atom stereocenters.